The second kappa shape index (κ2) is 6.03. The lowest BCUT2D eigenvalue weighted by atomic mass is 10.2. The third-order valence-corrected chi connectivity index (χ3v) is 5.00. The predicted octanol–water partition coefficient (Wildman–Crippen LogP) is 2.27. The van der Waals surface area contributed by atoms with Gasteiger partial charge >= 0.3 is 0 Å². The molecule has 3 aromatic rings. The Labute approximate surface area is 142 Å². The summed E-state index contributed by atoms with van der Waals surface area (Å²) in [6.07, 6.45) is 1.50. The zero-order valence-corrected chi connectivity index (χ0v) is 14.6. The molecule has 0 fully saturated rings. The molecule has 2 heterocycles. The molecule has 3 rings (SSSR count). The van der Waals surface area contributed by atoms with Crippen molar-refractivity contribution in [2.24, 2.45) is 0 Å². The van der Waals surface area contributed by atoms with Crippen molar-refractivity contribution in [1.29, 1.82) is 0 Å². The summed E-state index contributed by atoms with van der Waals surface area (Å²) in [5, 5.41) is 4.40. The number of benzene rings is 1. The van der Waals surface area contributed by atoms with E-state index >= 15 is 0 Å². The maximum absolute atomic E-state index is 12.4. The number of imidazole rings is 1. The van der Waals surface area contributed by atoms with Gasteiger partial charge in [-0.05, 0) is 25.5 Å². The number of hydrogen-bond donors (Lipinski definition) is 1. The normalized spacial score (nSPS) is 12.0. The van der Waals surface area contributed by atoms with Gasteiger partial charge in [0.2, 0.25) is 0 Å². The number of halogens is 1. The molecule has 0 saturated heterocycles. The number of aryl methyl sites for hydroxylation is 2. The first-order valence-corrected chi connectivity index (χ1v) is 9.66. The van der Waals surface area contributed by atoms with Crippen LogP contribution in [0.15, 0.2) is 34.0 Å². The smallest absolute Gasteiger partial charge is 0.277 e. The van der Waals surface area contributed by atoms with Crippen molar-refractivity contribution in [2.75, 3.05) is 0 Å². The van der Waals surface area contributed by atoms with E-state index in [1.165, 1.54) is 10.6 Å². The average Bonchev–Trinajstić information content (AvgIpc) is 2.83. The van der Waals surface area contributed by atoms with E-state index in [-0.39, 0.29) is 21.8 Å². The van der Waals surface area contributed by atoms with Crippen LogP contribution in [0.2, 0.25) is 0 Å². The third kappa shape index (κ3) is 2.83. The van der Waals surface area contributed by atoms with Crippen LogP contribution >= 0.6 is 10.7 Å². The van der Waals surface area contributed by atoms with Crippen molar-refractivity contribution in [2.45, 2.75) is 31.6 Å². The van der Waals surface area contributed by atoms with Crippen molar-refractivity contribution in [3.63, 3.8) is 0 Å². The Balaban J connectivity index is 2.34. The molecule has 0 bridgehead atoms. The molecule has 1 N–H and O–H groups in total. The molecular weight excluding hydrogens is 352 g/mol. The van der Waals surface area contributed by atoms with Crippen LogP contribution in [0.1, 0.15) is 24.9 Å². The van der Waals surface area contributed by atoms with E-state index in [1.807, 2.05) is 6.92 Å². The first-order chi connectivity index (χ1) is 11.3. The molecule has 0 saturated carbocycles. The minimum absolute atomic E-state index is 0.108. The van der Waals surface area contributed by atoms with E-state index in [2.05, 4.69) is 15.1 Å². The van der Waals surface area contributed by atoms with Crippen LogP contribution in [0.4, 0.5) is 0 Å². The summed E-state index contributed by atoms with van der Waals surface area (Å²) >= 11 is 0. The van der Waals surface area contributed by atoms with Gasteiger partial charge in [0, 0.05) is 22.7 Å². The van der Waals surface area contributed by atoms with Gasteiger partial charge in [0.15, 0.2) is 11.3 Å². The van der Waals surface area contributed by atoms with Gasteiger partial charge in [-0.2, -0.15) is 0 Å². The Morgan fingerprint density at radius 1 is 1.29 bits per heavy atom. The second-order valence-electron chi connectivity index (χ2n) is 5.36. The molecule has 2 aromatic heterocycles. The zero-order chi connectivity index (χ0) is 17.5. The Morgan fingerprint density at radius 3 is 2.67 bits per heavy atom. The summed E-state index contributed by atoms with van der Waals surface area (Å²) < 4.78 is 25.0. The highest BCUT2D eigenvalue weighted by Crippen LogP contribution is 2.26. The first kappa shape index (κ1) is 16.7. The number of aromatic amines is 1. The van der Waals surface area contributed by atoms with Gasteiger partial charge in [0.25, 0.3) is 14.6 Å². The Kier molecular flexibility index (Phi) is 4.18. The van der Waals surface area contributed by atoms with Crippen LogP contribution in [0.25, 0.3) is 16.9 Å². The highest BCUT2D eigenvalue weighted by Gasteiger charge is 2.20. The topological polar surface area (TPSA) is 97.2 Å². The molecule has 7 nitrogen and oxygen atoms in total. The maximum atomic E-state index is 12.4. The minimum atomic E-state index is -3.98. The fourth-order valence-electron chi connectivity index (χ4n) is 2.62. The van der Waals surface area contributed by atoms with Crippen LogP contribution in [-0.2, 0) is 15.5 Å². The monoisotopic (exact) mass is 366 g/mol. The van der Waals surface area contributed by atoms with Crippen LogP contribution < -0.4 is 5.56 Å². The fourth-order valence-corrected chi connectivity index (χ4v) is 3.69. The molecule has 0 radical (unpaired) electrons. The maximum Gasteiger partial charge on any atom is 0.277 e. The summed E-state index contributed by atoms with van der Waals surface area (Å²) in [6.45, 7) is 3.74. The number of hydrogen-bond acceptors (Lipinski definition) is 5. The summed E-state index contributed by atoms with van der Waals surface area (Å²) in [6, 6.07) is 6.12. The van der Waals surface area contributed by atoms with E-state index < -0.39 is 9.05 Å². The summed E-state index contributed by atoms with van der Waals surface area (Å²) in [5.74, 6) is 0.783. The molecule has 0 aliphatic rings. The fraction of sp³-hybridized carbons (Fsp3) is 0.267. The number of rotatable bonds is 4. The lowest BCUT2D eigenvalue weighted by Gasteiger charge is -2.07. The number of nitrogens with zero attached hydrogens (tertiary/aromatic N) is 3. The second-order valence-corrected chi connectivity index (χ2v) is 7.89. The molecule has 0 unspecified atom stereocenters. The summed E-state index contributed by atoms with van der Waals surface area (Å²) in [5.41, 5.74) is 0.792. The van der Waals surface area contributed by atoms with E-state index in [4.69, 9.17) is 10.7 Å². The first-order valence-electron chi connectivity index (χ1n) is 7.35. The average molecular weight is 367 g/mol. The molecule has 0 spiro atoms. The van der Waals surface area contributed by atoms with Gasteiger partial charge in [-0.1, -0.05) is 19.1 Å². The van der Waals surface area contributed by atoms with Gasteiger partial charge in [-0.3, -0.25) is 4.79 Å². The van der Waals surface area contributed by atoms with E-state index in [0.717, 1.165) is 6.42 Å². The molecule has 0 aliphatic carbocycles. The van der Waals surface area contributed by atoms with Gasteiger partial charge in [0.1, 0.15) is 5.82 Å². The van der Waals surface area contributed by atoms with Crippen molar-refractivity contribution >= 4 is 25.2 Å². The number of H-pyrrole nitrogens is 1. The number of aromatic nitrogens is 4. The molecule has 0 aliphatic heterocycles. The quantitative estimate of drug-likeness (QED) is 0.714. The molecule has 126 valence electrons. The zero-order valence-electron chi connectivity index (χ0n) is 13.1. The Bertz CT molecular complexity index is 1090. The van der Waals surface area contributed by atoms with E-state index in [9.17, 15) is 13.2 Å². The molecule has 24 heavy (non-hydrogen) atoms. The number of fused-ring (bicyclic) bond motifs is 1. The Morgan fingerprint density at radius 2 is 2.00 bits per heavy atom. The SMILES string of the molecule is CCCc1nc(C)c2c(=O)[nH]c(-c3ccccc3S(=O)(=O)Cl)nn12. The van der Waals surface area contributed by atoms with Crippen LogP contribution in [0, 0.1) is 6.92 Å². The lowest BCUT2D eigenvalue weighted by molar-refractivity contribution is 0.609. The van der Waals surface area contributed by atoms with Gasteiger partial charge in [0.05, 0.1) is 10.6 Å². The van der Waals surface area contributed by atoms with Crippen LogP contribution in [0.5, 0.6) is 0 Å². The minimum Gasteiger partial charge on any atom is -0.303 e. The highest BCUT2D eigenvalue weighted by atomic mass is 35.7. The van der Waals surface area contributed by atoms with Crippen molar-refractivity contribution < 1.29 is 8.42 Å². The molecular formula is C15H15ClN4O3S. The van der Waals surface area contributed by atoms with Crippen molar-refractivity contribution in [1.82, 2.24) is 19.6 Å². The predicted molar refractivity (Wildman–Crippen MR) is 90.8 cm³/mol. The molecule has 1 aromatic carbocycles. The lowest BCUT2D eigenvalue weighted by Crippen LogP contribution is -2.16. The summed E-state index contributed by atoms with van der Waals surface area (Å²) in [4.78, 5) is 19.3. The van der Waals surface area contributed by atoms with E-state index in [1.54, 1.807) is 25.1 Å². The summed E-state index contributed by atoms with van der Waals surface area (Å²) in [7, 11) is 1.51. The van der Waals surface area contributed by atoms with Crippen molar-refractivity contribution in [3.8, 4) is 11.4 Å². The van der Waals surface area contributed by atoms with Crippen LogP contribution in [-0.4, -0.2) is 28.0 Å². The largest absolute Gasteiger partial charge is 0.303 e. The Hall–Kier alpha value is -2.19. The van der Waals surface area contributed by atoms with Gasteiger partial charge < -0.3 is 4.98 Å². The number of nitrogens with one attached hydrogen (secondary N) is 1. The van der Waals surface area contributed by atoms with Gasteiger partial charge in [-0.15, -0.1) is 5.10 Å². The van der Waals surface area contributed by atoms with Crippen molar-refractivity contribution in [3.05, 3.63) is 46.1 Å². The molecule has 0 atom stereocenters. The van der Waals surface area contributed by atoms with Gasteiger partial charge in [-0.25, -0.2) is 17.9 Å². The van der Waals surface area contributed by atoms with E-state index in [0.29, 0.717) is 23.5 Å². The molecule has 9 heteroatoms. The van der Waals surface area contributed by atoms with Crippen LogP contribution in [0.3, 0.4) is 0 Å². The third-order valence-electron chi connectivity index (χ3n) is 3.62. The molecule has 0 amide bonds. The standard InChI is InChI=1S/C15H15ClN4O3S/c1-3-6-12-17-9(2)13-15(21)18-14(19-20(12)13)10-7-4-5-8-11(10)24(16,22)23/h4-5,7-8H,3,6H2,1-2H3,(H,18,19,21). The highest BCUT2D eigenvalue weighted by molar-refractivity contribution is 8.13.